The molecule has 1 saturated heterocycles. The average molecular weight is 848 g/mol. The Hall–Kier alpha value is -4.31. The van der Waals surface area contributed by atoms with Gasteiger partial charge in [-0.05, 0) is 73.8 Å². The van der Waals surface area contributed by atoms with Crippen molar-refractivity contribution in [3.05, 3.63) is 206 Å². The molecule has 0 unspecified atom stereocenters. The van der Waals surface area contributed by atoms with Gasteiger partial charge in [0.15, 0.2) is 0 Å². The van der Waals surface area contributed by atoms with Gasteiger partial charge in [0.1, 0.15) is 36.3 Å². The van der Waals surface area contributed by atoms with Crippen LogP contribution in [0.5, 0.6) is 5.75 Å². The second-order valence-corrected chi connectivity index (χ2v) is 15.5. The van der Waals surface area contributed by atoms with Gasteiger partial charge in [-0.15, -0.1) is 0 Å². The quantitative estimate of drug-likeness (QED) is 0.0986. The minimum atomic E-state index is -0.727. The van der Waals surface area contributed by atoms with E-state index in [4.69, 9.17) is 35.3 Å². The zero-order valence-electron chi connectivity index (χ0n) is 32.0. The fraction of sp³-hybridized carbons (Fsp3) is 0.265. The van der Waals surface area contributed by atoms with E-state index in [2.05, 4.69) is 47.1 Å². The highest BCUT2D eigenvalue weighted by Gasteiger charge is 2.50. The van der Waals surface area contributed by atoms with Gasteiger partial charge in [-0.3, -0.25) is 0 Å². The van der Waals surface area contributed by atoms with Crippen LogP contribution in [0.1, 0.15) is 57.5 Å². The SMILES string of the molecule is CCc1ccc(Cc2cc([C@@H]3O[C@H](COCc4ccccc4)[C@@H](OCc4ccccc4)[C@H](OCc4ccccc4)[C@H]3OCc3ccccc3)c(Br)c(O)c2Cl)cc1. The number of hydrogen-bond donors (Lipinski definition) is 1. The lowest BCUT2D eigenvalue weighted by molar-refractivity contribution is -0.275. The zero-order chi connectivity index (χ0) is 39.4. The Morgan fingerprint density at radius 1 is 0.579 bits per heavy atom. The smallest absolute Gasteiger partial charge is 0.149 e. The van der Waals surface area contributed by atoms with Gasteiger partial charge in [0.2, 0.25) is 0 Å². The molecule has 6 nitrogen and oxygen atoms in total. The first kappa shape index (κ1) is 40.9. The van der Waals surface area contributed by atoms with Gasteiger partial charge in [0.25, 0.3) is 0 Å². The number of ether oxygens (including phenoxy) is 5. The first-order valence-corrected chi connectivity index (χ1v) is 20.6. The van der Waals surface area contributed by atoms with Crippen molar-refractivity contribution in [3.63, 3.8) is 0 Å². The van der Waals surface area contributed by atoms with Crippen molar-refractivity contribution in [2.45, 2.75) is 76.7 Å². The monoisotopic (exact) mass is 846 g/mol. The molecule has 57 heavy (non-hydrogen) atoms. The van der Waals surface area contributed by atoms with Crippen molar-refractivity contribution >= 4 is 27.5 Å². The van der Waals surface area contributed by atoms with Gasteiger partial charge in [-0.2, -0.15) is 0 Å². The summed E-state index contributed by atoms with van der Waals surface area (Å²) in [5.41, 5.74) is 7.88. The normalized spacial score (nSPS) is 19.4. The Bertz CT molecular complexity index is 2120. The van der Waals surface area contributed by atoms with Crippen LogP contribution in [0.15, 0.2) is 156 Å². The maximum absolute atomic E-state index is 11.6. The van der Waals surface area contributed by atoms with E-state index in [0.717, 1.165) is 39.8 Å². The molecule has 0 spiro atoms. The van der Waals surface area contributed by atoms with Crippen molar-refractivity contribution in [2.75, 3.05) is 6.61 Å². The van der Waals surface area contributed by atoms with Crippen LogP contribution in [0.3, 0.4) is 0 Å². The Morgan fingerprint density at radius 2 is 1.04 bits per heavy atom. The Morgan fingerprint density at radius 3 is 1.54 bits per heavy atom. The molecule has 5 atom stereocenters. The first-order chi connectivity index (χ1) is 28.0. The van der Waals surface area contributed by atoms with Gasteiger partial charge in [0.05, 0.1) is 42.5 Å². The van der Waals surface area contributed by atoms with Crippen molar-refractivity contribution in [2.24, 2.45) is 0 Å². The largest absolute Gasteiger partial charge is 0.505 e. The van der Waals surface area contributed by atoms with Crippen LogP contribution in [-0.2, 0) is 63.0 Å². The van der Waals surface area contributed by atoms with Gasteiger partial charge in [-0.25, -0.2) is 0 Å². The van der Waals surface area contributed by atoms with E-state index in [9.17, 15) is 5.11 Å². The second kappa shape index (κ2) is 20.4. The fourth-order valence-electron chi connectivity index (χ4n) is 7.19. The van der Waals surface area contributed by atoms with Crippen LogP contribution in [0, 0.1) is 0 Å². The number of rotatable bonds is 17. The third-order valence-corrected chi connectivity index (χ3v) is 11.6. The number of aromatic hydroxyl groups is 1. The molecule has 7 rings (SSSR count). The molecule has 0 saturated carbocycles. The molecule has 1 aliphatic heterocycles. The molecule has 294 valence electrons. The number of aryl methyl sites for hydroxylation is 1. The third kappa shape index (κ3) is 10.8. The molecule has 6 aromatic carbocycles. The number of phenols is 1. The fourth-order valence-corrected chi connectivity index (χ4v) is 8.06. The summed E-state index contributed by atoms with van der Waals surface area (Å²) < 4.78 is 34.8. The lowest BCUT2D eigenvalue weighted by atomic mass is 9.89. The zero-order valence-corrected chi connectivity index (χ0v) is 34.4. The summed E-state index contributed by atoms with van der Waals surface area (Å²) in [4.78, 5) is 0. The maximum Gasteiger partial charge on any atom is 0.149 e. The number of hydrogen-bond acceptors (Lipinski definition) is 6. The van der Waals surface area contributed by atoms with Crippen molar-refractivity contribution < 1.29 is 28.8 Å². The lowest BCUT2D eigenvalue weighted by Gasteiger charge is -2.46. The Labute approximate surface area is 349 Å². The van der Waals surface area contributed by atoms with Crippen molar-refractivity contribution in [1.29, 1.82) is 0 Å². The standard InChI is InChI=1S/C49H48BrClO6/c1-2-34-23-25-35(26-24-34)27-40-28-41(43(50)45(52)44(40)51)46-48(55-31-38-19-11-5-12-20-38)49(56-32-39-21-13-6-14-22-39)47(54-30-37-17-9-4-10-18-37)42(57-46)33-53-29-36-15-7-3-8-16-36/h3-26,28,42,46-49,52H,2,27,29-33H2,1H3/t42-,46+,47-,48+,49+/m1/s1. The molecule has 0 radical (unpaired) electrons. The van der Waals surface area contributed by atoms with Crippen LogP contribution in [0.25, 0.3) is 0 Å². The summed E-state index contributed by atoms with van der Waals surface area (Å²) >= 11 is 10.6. The van der Waals surface area contributed by atoms with Gasteiger partial charge in [-0.1, -0.05) is 164 Å². The average Bonchev–Trinajstić information content (AvgIpc) is 3.26. The van der Waals surface area contributed by atoms with Crippen LogP contribution in [0.2, 0.25) is 5.02 Å². The maximum atomic E-state index is 11.6. The topological polar surface area (TPSA) is 66.4 Å². The number of halogens is 2. The molecule has 1 heterocycles. The van der Waals surface area contributed by atoms with E-state index in [0.29, 0.717) is 42.9 Å². The summed E-state index contributed by atoms with van der Waals surface area (Å²) in [5, 5.41) is 11.9. The van der Waals surface area contributed by atoms with Crippen LogP contribution in [-0.4, -0.2) is 36.1 Å². The summed E-state index contributed by atoms with van der Waals surface area (Å²) in [6, 6.07) is 50.8. The van der Waals surface area contributed by atoms with E-state index < -0.39 is 30.5 Å². The van der Waals surface area contributed by atoms with E-state index in [1.807, 2.05) is 127 Å². The molecule has 1 aliphatic rings. The Balaban J connectivity index is 1.30. The first-order valence-electron chi connectivity index (χ1n) is 19.5. The molecule has 1 fully saturated rings. The highest BCUT2D eigenvalue weighted by atomic mass is 79.9. The minimum Gasteiger partial charge on any atom is -0.505 e. The van der Waals surface area contributed by atoms with Crippen molar-refractivity contribution in [3.8, 4) is 5.75 Å². The van der Waals surface area contributed by atoms with Crippen molar-refractivity contribution in [1.82, 2.24) is 0 Å². The van der Waals surface area contributed by atoms with Gasteiger partial charge < -0.3 is 28.8 Å². The van der Waals surface area contributed by atoms with Crippen LogP contribution < -0.4 is 0 Å². The van der Waals surface area contributed by atoms with E-state index in [1.165, 1.54) is 5.56 Å². The third-order valence-electron chi connectivity index (χ3n) is 10.3. The molecule has 0 amide bonds. The molecule has 0 bridgehead atoms. The second-order valence-electron chi connectivity index (χ2n) is 14.3. The predicted molar refractivity (Wildman–Crippen MR) is 228 cm³/mol. The molecule has 8 heteroatoms. The van der Waals surface area contributed by atoms with Gasteiger partial charge >= 0.3 is 0 Å². The highest BCUT2D eigenvalue weighted by molar-refractivity contribution is 9.10. The van der Waals surface area contributed by atoms with Gasteiger partial charge in [0, 0.05) is 5.56 Å². The highest BCUT2D eigenvalue weighted by Crippen LogP contribution is 2.46. The van der Waals surface area contributed by atoms with Crippen LogP contribution in [0.4, 0.5) is 0 Å². The molecule has 0 aromatic heterocycles. The number of benzene rings is 6. The molecule has 6 aromatic rings. The molecular formula is C49H48BrClO6. The van der Waals surface area contributed by atoms with E-state index >= 15 is 0 Å². The summed E-state index contributed by atoms with van der Waals surface area (Å²) in [6.45, 7) is 3.70. The predicted octanol–water partition coefficient (Wildman–Crippen LogP) is 11.4. The molecule has 1 N–H and O–H groups in total. The number of phenolic OH excluding ortho intramolecular Hbond substituents is 1. The van der Waals surface area contributed by atoms with E-state index in [-0.39, 0.29) is 17.4 Å². The summed E-state index contributed by atoms with van der Waals surface area (Å²) in [5.74, 6) is -0.0548. The minimum absolute atomic E-state index is 0.0548. The Kier molecular flexibility index (Phi) is 14.6. The molecular weight excluding hydrogens is 800 g/mol. The lowest BCUT2D eigenvalue weighted by Crippen LogP contribution is -2.58. The summed E-state index contributed by atoms with van der Waals surface area (Å²) in [7, 11) is 0. The van der Waals surface area contributed by atoms with Crippen LogP contribution >= 0.6 is 27.5 Å². The molecule has 0 aliphatic carbocycles. The van der Waals surface area contributed by atoms with E-state index in [1.54, 1.807) is 0 Å². The summed E-state index contributed by atoms with van der Waals surface area (Å²) in [6.07, 6.45) is -1.76.